The molecule has 0 spiro atoms. The van der Waals surface area contributed by atoms with E-state index in [1.54, 1.807) is 0 Å². The van der Waals surface area contributed by atoms with Crippen LogP contribution >= 0.6 is 0 Å². The van der Waals surface area contributed by atoms with E-state index in [4.69, 9.17) is 0 Å². The van der Waals surface area contributed by atoms with E-state index in [1.165, 1.54) is 82.9 Å². The largest absolute Gasteiger partial charge is 0.310 e. The zero-order valence-electron chi connectivity index (χ0n) is 35.4. The predicted molar refractivity (Wildman–Crippen MR) is 270 cm³/mol. The third-order valence-corrected chi connectivity index (χ3v) is 13.8. The molecule has 302 valence electrons. The van der Waals surface area contributed by atoms with Gasteiger partial charge in [-0.2, -0.15) is 0 Å². The van der Waals surface area contributed by atoms with E-state index in [0.29, 0.717) is 0 Å². The number of hydrogen-bond donors (Lipinski definition) is 0. The van der Waals surface area contributed by atoms with Crippen molar-refractivity contribution in [1.29, 1.82) is 0 Å². The van der Waals surface area contributed by atoms with Gasteiger partial charge in [-0.05, 0) is 120 Å². The fraction of sp³-hybridized carbons (Fsp3) is 0.0476. The Morgan fingerprint density at radius 1 is 0.359 bits per heavy atom. The van der Waals surface area contributed by atoms with Crippen LogP contribution < -0.4 is 4.90 Å². The summed E-state index contributed by atoms with van der Waals surface area (Å²) in [5.41, 5.74) is 15.7. The van der Waals surface area contributed by atoms with Gasteiger partial charge in [-0.15, -0.1) is 0 Å². The standard InChI is InChI=1S/C63H45N/c1-4-18-44(19-5-1)49-42-48-21-11-13-28-56(48)58(43-49)47-36-40-53(41-37-47)64(52-38-34-46(35-39-52)55-30-16-22-45-20-10-12-27-54(45)55)61-33-17-32-60-62(61)57-29-14-15-31-59(57)63(60,50-23-6-2-7-24-50)51-25-8-3-9-26-51/h1-43,57,59H. The smallest absolute Gasteiger partial charge is 0.0526 e. The molecule has 10 aromatic rings. The molecule has 0 bridgehead atoms. The van der Waals surface area contributed by atoms with Gasteiger partial charge >= 0.3 is 0 Å². The zero-order chi connectivity index (χ0) is 42.5. The number of hydrogen-bond acceptors (Lipinski definition) is 1. The van der Waals surface area contributed by atoms with Crippen LogP contribution in [0.4, 0.5) is 17.1 Å². The third-order valence-electron chi connectivity index (χ3n) is 13.8. The van der Waals surface area contributed by atoms with Gasteiger partial charge in [0, 0.05) is 23.2 Å². The van der Waals surface area contributed by atoms with Crippen molar-refractivity contribution in [3.8, 4) is 33.4 Å². The summed E-state index contributed by atoms with van der Waals surface area (Å²) in [6, 6.07) is 87.3. The summed E-state index contributed by atoms with van der Waals surface area (Å²) in [5.74, 6) is 0.335. The molecule has 0 saturated heterocycles. The molecule has 2 unspecified atom stereocenters. The van der Waals surface area contributed by atoms with Crippen molar-refractivity contribution in [2.75, 3.05) is 4.90 Å². The molecule has 2 atom stereocenters. The van der Waals surface area contributed by atoms with Gasteiger partial charge in [0.15, 0.2) is 0 Å². The van der Waals surface area contributed by atoms with Gasteiger partial charge < -0.3 is 4.90 Å². The first-order valence-electron chi connectivity index (χ1n) is 22.4. The van der Waals surface area contributed by atoms with Crippen molar-refractivity contribution < 1.29 is 0 Å². The fourth-order valence-electron chi connectivity index (χ4n) is 11.0. The van der Waals surface area contributed by atoms with Crippen LogP contribution in [0.5, 0.6) is 0 Å². The van der Waals surface area contributed by atoms with Crippen LogP contribution in [0.25, 0.3) is 54.9 Å². The molecule has 2 aliphatic rings. The Hall–Kier alpha value is -8.00. The molecule has 0 radical (unpaired) electrons. The second kappa shape index (κ2) is 15.7. The Morgan fingerprint density at radius 3 is 1.56 bits per heavy atom. The van der Waals surface area contributed by atoms with Gasteiger partial charge in [-0.1, -0.05) is 218 Å². The van der Waals surface area contributed by atoms with Crippen LogP contribution in [-0.2, 0) is 5.41 Å². The van der Waals surface area contributed by atoms with E-state index in [1.807, 2.05) is 0 Å². The third kappa shape index (κ3) is 6.15. The number of rotatable bonds is 8. The van der Waals surface area contributed by atoms with Crippen LogP contribution in [0.1, 0.15) is 28.2 Å². The number of allylic oxidation sites excluding steroid dienone is 4. The second-order valence-electron chi connectivity index (χ2n) is 17.2. The fourth-order valence-corrected chi connectivity index (χ4v) is 11.0. The molecule has 0 fully saturated rings. The summed E-state index contributed by atoms with van der Waals surface area (Å²) in [7, 11) is 0. The van der Waals surface area contributed by atoms with Crippen LogP contribution in [0.3, 0.4) is 0 Å². The summed E-state index contributed by atoms with van der Waals surface area (Å²) >= 11 is 0. The molecule has 1 nitrogen and oxygen atoms in total. The molecule has 2 aliphatic carbocycles. The minimum absolute atomic E-state index is 0.153. The number of fused-ring (bicyclic) bond motifs is 5. The summed E-state index contributed by atoms with van der Waals surface area (Å²) in [5, 5.41) is 4.99. The van der Waals surface area contributed by atoms with Gasteiger partial charge in [0.05, 0.1) is 11.1 Å². The lowest BCUT2D eigenvalue weighted by molar-refractivity contribution is 0.457. The molecule has 0 amide bonds. The molecule has 0 N–H and O–H groups in total. The van der Waals surface area contributed by atoms with Gasteiger partial charge in [0.2, 0.25) is 0 Å². The first-order valence-corrected chi connectivity index (χ1v) is 22.4. The molecule has 1 heteroatoms. The maximum atomic E-state index is 2.50. The molecule has 10 aromatic carbocycles. The van der Waals surface area contributed by atoms with E-state index in [2.05, 4.69) is 266 Å². The highest BCUT2D eigenvalue weighted by Crippen LogP contribution is 2.62. The topological polar surface area (TPSA) is 3.24 Å². The van der Waals surface area contributed by atoms with Crippen molar-refractivity contribution in [3.63, 3.8) is 0 Å². The second-order valence-corrected chi connectivity index (χ2v) is 17.2. The first-order chi connectivity index (χ1) is 31.8. The molecule has 0 aliphatic heterocycles. The van der Waals surface area contributed by atoms with Crippen molar-refractivity contribution in [3.05, 3.63) is 283 Å². The van der Waals surface area contributed by atoms with Crippen LogP contribution in [0.2, 0.25) is 0 Å². The maximum absolute atomic E-state index is 2.50. The lowest BCUT2D eigenvalue weighted by atomic mass is 9.63. The summed E-state index contributed by atoms with van der Waals surface area (Å²) in [4.78, 5) is 2.50. The number of benzene rings is 10. The Labute approximate surface area is 375 Å². The lowest BCUT2D eigenvalue weighted by Gasteiger charge is -2.38. The van der Waals surface area contributed by atoms with E-state index in [-0.39, 0.29) is 11.8 Å². The lowest BCUT2D eigenvalue weighted by Crippen LogP contribution is -2.34. The number of nitrogens with zero attached hydrogens (tertiary/aromatic N) is 1. The normalized spacial score (nSPS) is 15.8. The average Bonchev–Trinajstić information content (AvgIpc) is 3.69. The SMILES string of the molecule is C1=CC2c3c(N(c4ccc(-c5cccc6ccccc56)cc4)c4ccc(-c5cc(-c6ccccc6)cc6ccccc56)cc4)cccc3C(c3ccccc3)(c3ccccc3)C2C=C1. The molecule has 0 saturated carbocycles. The molecule has 0 aromatic heterocycles. The zero-order valence-corrected chi connectivity index (χ0v) is 35.4. The highest BCUT2D eigenvalue weighted by Gasteiger charge is 2.54. The summed E-state index contributed by atoms with van der Waals surface area (Å²) in [6.45, 7) is 0. The monoisotopic (exact) mass is 815 g/mol. The summed E-state index contributed by atoms with van der Waals surface area (Å²) in [6.07, 6.45) is 9.41. The van der Waals surface area contributed by atoms with E-state index in [9.17, 15) is 0 Å². The molecular weight excluding hydrogens is 771 g/mol. The number of anilines is 3. The van der Waals surface area contributed by atoms with E-state index < -0.39 is 5.41 Å². The predicted octanol–water partition coefficient (Wildman–Crippen LogP) is 16.6. The van der Waals surface area contributed by atoms with Crippen molar-refractivity contribution in [1.82, 2.24) is 0 Å². The van der Waals surface area contributed by atoms with Gasteiger partial charge in [-0.3, -0.25) is 0 Å². The molecule has 64 heavy (non-hydrogen) atoms. The highest BCUT2D eigenvalue weighted by atomic mass is 15.1. The quantitative estimate of drug-likeness (QED) is 0.148. The average molecular weight is 816 g/mol. The van der Waals surface area contributed by atoms with Gasteiger partial charge in [0.25, 0.3) is 0 Å². The maximum Gasteiger partial charge on any atom is 0.0526 e. The molecular formula is C63H45N. The van der Waals surface area contributed by atoms with Gasteiger partial charge in [-0.25, -0.2) is 0 Å². The van der Waals surface area contributed by atoms with Crippen molar-refractivity contribution in [2.24, 2.45) is 5.92 Å². The highest BCUT2D eigenvalue weighted by molar-refractivity contribution is 6.01. The van der Waals surface area contributed by atoms with Crippen LogP contribution in [0, 0.1) is 5.92 Å². The van der Waals surface area contributed by atoms with Gasteiger partial charge in [0.1, 0.15) is 0 Å². The molecule has 12 rings (SSSR count). The first kappa shape index (κ1) is 37.7. The minimum atomic E-state index is -0.391. The van der Waals surface area contributed by atoms with Crippen molar-refractivity contribution in [2.45, 2.75) is 11.3 Å². The molecule has 0 heterocycles. The van der Waals surface area contributed by atoms with Crippen LogP contribution in [-0.4, -0.2) is 0 Å². The summed E-state index contributed by atoms with van der Waals surface area (Å²) < 4.78 is 0. The Morgan fingerprint density at radius 2 is 0.891 bits per heavy atom. The minimum Gasteiger partial charge on any atom is -0.310 e. The Kier molecular flexibility index (Phi) is 9.27. The van der Waals surface area contributed by atoms with E-state index >= 15 is 0 Å². The van der Waals surface area contributed by atoms with Crippen molar-refractivity contribution >= 4 is 38.6 Å². The Balaban J connectivity index is 1.06. The van der Waals surface area contributed by atoms with E-state index in [0.717, 1.165) is 11.4 Å². The van der Waals surface area contributed by atoms with Crippen LogP contribution in [0.15, 0.2) is 261 Å². The Bertz CT molecular complexity index is 3320.